The van der Waals surface area contributed by atoms with Crippen molar-refractivity contribution in [1.29, 1.82) is 0 Å². The number of nitrogens with zero attached hydrogens (tertiary/aromatic N) is 2. The third-order valence-electron chi connectivity index (χ3n) is 2.37. The first kappa shape index (κ1) is 11.2. The van der Waals surface area contributed by atoms with Crippen LogP contribution in [0.2, 0.25) is 0 Å². The molecule has 0 aliphatic carbocycles. The lowest BCUT2D eigenvalue weighted by atomic mass is 10.1. The molecule has 0 saturated heterocycles. The van der Waals surface area contributed by atoms with Crippen molar-refractivity contribution < 1.29 is 8.78 Å². The van der Waals surface area contributed by atoms with Gasteiger partial charge in [-0.3, -0.25) is 4.98 Å². The van der Waals surface area contributed by atoms with Gasteiger partial charge in [0.05, 0.1) is 12.3 Å². The van der Waals surface area contributed by atoms with Gasteiger partial charge < -0.3 is 0 Å². The molecule has 2 nitrogen and oxygen atoms in total. The molecule has 0 spiro atoms. The first-order chi connectivity index (χ1) is 8.13. The Morgan fingerprint density at radius 2 is 2.00 bits per heavy atom. The maximum Gasteiger partial charge on any atom is 0.257 e. The number of aromatic nitrogens is 1. The number of pyridine rings is 1. The van der Waals surface area contributed by atoms with Crippen LogP contribution in [-0.2, 0) is 0 Å². The summed E-state index contributed by atoms with van der Waals surface area (Å²) in [5.74, 6) is -1.72. The highest BCUT2D eigenvalue weighted by Crippen LogP contribution is 2.30. The van der Waals surface area contributed by atoms with Crippen molar-refractivity contribution in [1.82, 2.24) is 4.98 Å². The number of benzene rings is 1. The van der Waals surface area contributed by atoms with Gasteiger partial charge >= 0.3 is 0 Å². The molecule has 17 heavy (non-hydrogen) atoms. The van der Waals surface area contributed by atoms with Gasteiger partial charge in [-0.15, -0.1) is 0 Å². The number of halogens is 2. The Hall–Kier alpha value is -2.28. The van der Waals surface area contributed by atoms with Crippen LogP contribution in [-0.4, -0.2) is 4.98 Å². The highest BCUT2D eigenvalue weighted by molar-refractivity contribution is 5.67. The smallest absolute Gasteiger partial charge is 0.256 e. The number of rotatable bonds is 1. The van der Waals surface area contributed by atoms with Crippen molar-refractivity contribution in [3.8, 4) is 11.3 Å². The zero-order valence-electron chi connectivity index (χ0n) is 9.04. The highest BCUT2D eigenvalue weighted by Gasteiger charge is 2.15. The van der Waals surface area contributed by atoms with Gasteiger partial charge in [0, 0.05) is 11.8 Å². The van der Waals surface area contributed by atoms with E-state index in [1.54, 1.807) is 18.3 Å². The van der Waals surface area contributed by atoms with Crippen molar-refractivity contribution >= 4 is 5.69 Å². The molecule has 2 rings (SSSR count). The van der Waals surface area contributed by atoms with Crippen LogP contribution < -0.4 is 0 Å². The van der Waals surface area contributed by atoms with Crippen LogP contribution in [0.1, 0.15) is 5.56 Å². The second-order valence-corrected chi connectivity index (χ2v) is 3.59. The van der Waals surface area contributed by atoms with Crippen LogP contribution in [0.15, 0.2) is 30.5 Å². The first-order valence-corrected chi connectivity index (χ1v) is 4.92. The van der Waals surface area contributed by atoms with Crippen molar-refractivity contribution in [2.45, 2.75) is 6.92 Å². The summed E-state index contributed by atoms with van der Waals surface area (Å²) in [6, 6.07) is 5.83. The molecular formula is C13H8F2N2. The van der Waals surface area contributed by atoms with Crippen molar-refractivity contribution in [2.75, 3.05) is 0 Å². The molecule has 4 heteroatoms. The lowest BCUT2D eigenvalue weighted by molar-refractivity contribution is 0.595. The fourth-order valence-electron chi connectivity index (χ4n) is 1.52. The molecule has 0 unspecified atom stereocenters. The van der Waals surface area contributed by atoms with E-state index in [0.29, 0.717) is 5.69 Å². The van der Waals surface area contributed by atoms with Crippen LogP contribution in [0, 0.1) is 25.1 Å². The molecule has 0 bridgehead atoms. The summed E-state index contributed by atoms with van der Waals surface area (Å²) in [6.07, 6.45) is 1.55. The van der Waals surface area contributed by atoms with Crippen LogP contribution in [0.4, 0.5) is 14.5 Å². The van der Waals surface area contributed by atoms with E-state index in [2.05, 4.69) is 9.83 Å². The number of aryl methyl sites for hydroxylation is 1. The van der Waals surface area contributed by atoms with Crippen molar-refractivity contribution in [3.63, 3.8) is 0 Å². The van der Waals surface area contributed by atoms with E-state index in [-0.39, 0.29) is 5.56 Å². The third-order valence-corrected chi connectivity index (χ3v) is 2.37. The zero-order valence-corrected chi connectivity index (χ0v) is 9.04. The lowest BCUT2D eigenvalue weighted by Crippen LogP contribution is -1.90. The Bertz CT molecular complexity index is 615. The predicted molar refractivity (Wildman–Crippen MR) is 60.6 cm³/mol. The Labute approximate surface area is 97.4 Å². The molecule has 1 aromatic heterocycles. The third kappa shape index (κ3) is 2.00. The van der Waals surface area contributed by atoms with Gasteiger partial charge in [-0.05, 0) is 36.8 Å². The van der Waals surface area contributed by atoms with E-state index in [0.717, 1.165) is 11.6 Å². The number of hydrogen-bond acceptors (Lipinski definition) is 1. The van der Waals surface area contributed by atoms with E-state index in [1.165, 1.54) is 6.07 Å². The summed E-state index contributed by atoms with van der Waals surface area (Å²) >= 11 is 0. The fourth-order valence-corrected chi connectivity index (χ4v) is 1.52. The quantitative estimate of drug-likeness (QED) is 0.679. The van der Waals surface area contributed by atoms with Gasteiger partial charge in [0.25, 0.3) is 5.69 Å². The monoisotopic (exact) mass is 230 g/mol. The van der Waals surface area contributed by atoms with Gasteiger partial charge in [0.15, 0.2) is 0 Å². The second kappa shape index (κ2) is 4.30. The van der Waals surface area contributed by atoms with Gasteiger partial charge in [-0.1, -0.05) is 0 Å². The van der Waals surface area contributed by atoms with Gasteiger partial charge in [0.1, 0.15) is 11.6 Å². The highest BCUT2D eigenvalue weighted by atomic mass is 19.1. The van der Waals surface area contributed by atoms with Crippen LogP contribution >= 0.6 is 0 Å². The molecule has 1 heterocycles. The first-order valence-electron chi connectivity index (χ1n) is 4.92. The van der Waals surface area contributed by atoms with E-state index in [1.807, 2.05) is 6.92 Å². The van der Waals surface area contributed by atoms with Crippen LogP contribution in [0.3, 0.4) is 0 Å². The topological polar surface area (TPSA) is 17.2 Å². The summed E-state index contributed by atoms with van der Waals surface area (Å²) in [4.78, 5) is 6.86. The summed E-state index contributed by atoms with van der Waals surface area (Å²) in [5.41, 5.74) is 0.863. The van der Waals surface area contributed by atoms with Crippen molar-refractivity contribution in [2.24, 2.45) is 0 Å². The molecule has 2 aromatic rings. The molecule has 0 N–H and O–H groups in total. The predicted octanol–water partition coefficient (Wildman–Crippen LogP) is 3.89. The summed E-state index contributed by atoms with van der Waals surface area (Å²) < 4.78 is 27.0. The normalized spacial score (nSPS) is 10.0. The number of hydrogen-bond donors (Lipinski definition) is 0. The Morgan fingerprint density at radius 1 is 1.24 bits per heavy atom. The molecule has 0 atom stereocenters. The largest absolute Gasteiger partial charge is 0.257 e. The molecule has 0 fully saturated rings. The Morgan fingerprint density at radius 3 is 2.65 bits per heavy atom. The fraction of sp³-hybridized carbons (Fsp3) is 0.0769. The van der Waals surface area contributed by atoms with E-state index < -0.39 is 17.3 Å². The Balaban J connectivity index is 2.66. The van der Waals surface area contributed by atoms with E-state index >= 15 is 0 Å². The molecule has 0 radical (unpaired) electrons. The molecule has 84 valence electrons. The van der Waals surface area contributed by atoms with Gasteiger partial charge in [-0.2, -0.15) is 0 Å². The lowest BCUT2D eigenvalue weighted by Gasteiger charge is -2.05. The van der Waals surface area contributed by atoms with Crippen LogP contribution in [0.5, 0.6) is 0 Å². The summed E-state index contributed by atoms with van der Waals surface area (Å²) in [7, 11) is 0. The average Bonchev–Trinajstić information content (AvgIpc) is 2.29. The zero-order chi connectivity index (χ0) is 12.4. The molecule has 1 aromatic carbocycles. The summed E-state index contributed by atoms with van der Waals surface area (Å²) in [6.45, 7) is 8.60. The molecule has 0 saturated carbocycles. The second-order valence-electron chi connectivity index (χ2n) is 3.59. The average molecular weight is 230 g/mol. The minimum Gasteiger partial charge on any atom is -0.256 e. The standard InChI is InChI=1S/C13H8F2N2/c1-8-5-6-17-11(7-8)9-3-4-10(14)13(16-2)12(9)15/h3-7H,1H3. The van der Waals surface area contributed by atoms with E-state index in [9.17, 15) is 8.78 Å². The maximum atomic E-state index is 13.9. The maximum absolute atomic E-state index is 13.9. The van der Waals surface area contributed by atoms with Crippen LogP contribution in [0.25, 0.3) is 16.1 Å². The summed E-state index contributed by atoms with van der Waals surface area (Å²) in [5, 5.41) is 0. The minimum atomic E-state index is -0.863. The molecule has 0 aliphatic rings. The van der Waals surface area contributed by atoms with E-state index in [4.69, 9.17) is 6.57 Å². The molecule has 0 aliphatic heterocycles. The minimum absolute atomic E-state index is 0.140. The van der Waals surface area contributed by atoms with Crippen molar-refractivity contribution in [3.05, 3.63) is 59.1 Å². The molecular weight excluding hydrogens is 222 g/mol. The SMILES string of the molecule is [C-]#[N+]c1c(F)ccc(-c2cc(C)ccn2)c1F. The Kier molecular flexibility index (Phi) is 2.84. The van der Waals surface area contributed by atoms with Gasteiger partial charge in [-0.25, -0.2) is 13.6 Å². The van der Waals surface area contributed by atoms with Gasteiger partial charge in [0.2, 0.25) is 0 Å². The molecule has 0 amide bonds.